The van der Waals surface area contributed by atoms with E-state index >= 15 is 0 Å². The van der Waals surface area contributed by atoms with Crippen molar-refractivity contribution in [2.24, 2.45) is 0 Å². The van der Waals surface area contributed by atoms with Crippen molar-refractivity contribution in [2.45, 2.75) is 26.2 Å². The second-order valence-corrected chi connectivity index (χ2v) is 7.42. The SMILES string of the molecule is CCc1ccc(NC(=O)COC(=O)c2cc3ccccc3nc2N2CCCC2)cc1. The Balaban J connectivity index is 1.47. The van der Waals surface area contributed by atoms with Crippen LogP contribution >= 0.6 is 0 Å². The number of nitrogens with one attached hydrogen (secondary N) is 1. The fraction of sp³-hybridized carbons (Fsp3) is 0.292. The number of aromatic nitrogens is 1. The van der Waals surface area contributed by atoms with Gasteiger partial charge < -0.3 is 15.0 Å². The molecule has 3 aromatic rings. The lowest BCUT2D eigenvalue weighted by molar-refractivity contribution is -0.119. The number of rotatable bonds is 6. The molecule has 1 N–H and O–H groups in total. The van der Waals surface area contributed by atoms with Crippen LogP contribution in [0.4, 0.5) is 11.5 Å². The Labute approximate surface area is 175 Å². The number of hydrogen-bond donors (Lipinski definition) is 1. The van der Waals surface area contributed by atoms with Gasteiger partial charge in [0.25, 0.3) is 5.91 Å². The van der Waals surface area contributed by atoms with Gasteiger partial charge in [-0.15, -0.1) is 0 Å². The number of para-hydroxylation sites is 1. The van der Waals surface area contributed by atoms with E-state index in [9.17, 15) is 9.59 Å². The summed E-state index contributed by atoms with van der Waals surface area (Å²) in [5.41, 5.74) is 3.11. The maximum Gasteiger partial charge on any atom is 0.342 e. The number of ether oxygens (including phenoxy) is 1. The van der Waals surface area contributed by atoms with E-state index in [1.807, 2.05) is 48.5 Å². The highest BCUT2D eigenvalue weighted by Gasteiger charge is 2.23. The van der Waals surface area contributed by atoms with E-state index < -0.39 is 5.97 Å². The third-order valence-corrected chi connectivity index (χ3v) is 5.31. The lowest BCUT2D eigenvalue weighted by atomic mass is 10.1. The van der Waals surface area contributed by atoms with Gasteiger partial charge >= 0.3 is 5.97 Å². The Bertz CT molecular complexity index is 1060. The zero-order valence-electron chi connectivity index (χ0n) is 17.1. The van der Waals surface area contributed by atoms with Crippen LogP contribution in [0.25, 0.3) is 10.9 Å². The molecule has 2 heterocycles. The molecule has 1 amide bonds. The van der Waals surface area contributed by atoms with Gasteiger partial charge in [0.05, 0.1) is 5.52 Å². The second kappa shape index (κ2) is 8.95. The molecule has 1 saturated heterocycles. The van der Waals surface area contributed by atoms with Crippen molar-refractivity contribution in [3.8, 4) is 0 Å². The van der Waals surface area contributed by atoms with Crippen molar-refractivity contribution < 1.29 is 14.3 Å². The van der Waals surface area contributed by atoms with Gasteiger partial charge in [-0.3, -0.25) is 4.79 Å². The maximum absolute atomic E-state index is 12.8. The number of fused-ring (bicyclic) bond motifs is 1. The van der Waals surface area contributed by atoms with E-state index in [4.69, 9.17) is 9.72 Å². The lowest BCUT2D eigenvalue weighted by Gasteiger charge is -2.20. The van der Waals surface area contributed by atoms with E-state index in [2.05, 4.69) is 17.1 Å². The minimum absolute atomic E-state index is 0.347. The topological polar surface area (TPSA) is 71.5 Å². The molecule has 1 aromatic heterocycles. The lowest BCUT2D eigenvalue weighted by Crippen LogP contribution is -2.25. The molecule has 4 rings (SSSR count). The number of amides is 1. The van der Waals surface area contributed by atoms with Crippen LogP contribution in [0.15, 0.2) is 54.6 Å². The third kappa shape index (κ3) is 4.43. The first-order valence-electron chi connectivity index (χ1n) is 10.3. The van der Waals surface area contributed by atoms with Crippen molar-refractivity contribution in [1.29, 1.82) is 0 Å². The molecule has 0 atom stereocenters. The molecule has 30 heavy (non-hydrogen) atoms. The van der Waals surface area contributed by atoms with Crippen LogP contribution in [0.3, 0.4) is 0 Å². The number of nitrogens with zero attached hydrogens (tertiary/aromatic N) is 2. The van der Waals surface area contributed by atoms with Crippen molar-refractivity contribution in [1.82, 2.24) is 4.98 Å². The first-order chi connectivity index (χ1) is 14.6. The number of hydrogen-bond acceptors (Lipinski definition) is 5. The molecular formula is C24H25N3O3. The summed E-state index contributed by atoms with van der Waals surface area (Å²) >= 11 is 0. The van der Waals surface area contributed by atoms with Crippen molar-refractivity contribution in [3.05, 3.63) is 65.7 Å². The van der Waals surface area contributed by atoms with Crippen molar-refractivity contribution >= 4 is 34.3 Å². The van der Waals surface area contributed by atoms with E-state index in [1.165, 1.54) is 5.56 Å². The molecule has 6 heteroatoms. The first-order valence-corrected chi connectivity index (χ1v) is 10.3. The number of carbonyl (C=O) groups excluding carboxylic acids is 2. The molecule has 0 radical (unpaired) electrons. The van der Waals surface area contributed by atoms with Crippen molar-refractivity contribution in [2.75, 3.05) is 29.9 Å². The first kappa shape index (κ1) is 19.9. The quantitative estimate of drug-likeness (QED) is 0.625. The highest BCUT2D eigenvalue weighted by Crippen LogP contribution is 2.27. The molecule has 0 spiro atoms. The van der Waals surface area contributed by atoms with E-state index in [0.717, 1.165) is 43.3 Å². The molecule has 0 unspecified atom stereocenters. The zero-order valence-corrected chi connectivity index (χ0v) is 17.1. The van der Waals surface area contributed by atoms with E-state index in [1.54, 1.807) is 6.07 Å². The fourth-order valence-corrected chi connectivity index (χ4v) is 3.66. The smallest absolute Gasteiger partial charge is 0.342 e. The molecule has 2 aromatic carbocycles. The highest BCUT2D eigenvalue weighted by atomic mass is 16.5. The number of benzene rings is 2. The number of carbonyl (C=O) groups is 2. The zero-order chi connectivity index (χ0) is 20.9. The summed E-state index contributed by atoms with van der Waals surface area (Å²) in [6.07, 6.45) is 3.08. The van der Waals surface area contributed by atoms with Crippen LogP contribution in [-0.4, -0.2) is 36.6 Å². The Kier molecular flexibility index (Phi) is 5.93. The Hall–Kier alpha value is -3.41. The second-order valence-electron chi connectivity index (χ2n) is 7.42. The minimum atomic E-state index is -0.536. The number of aryl methyl sites for hydroxylation is 1. The summed E-state index contributed by atoms with van der Waals surface area (Å²) in [6.45, 7) is 3.45. The van der Waals surface area contributed by atoms with Crippen LogP contribution in [-0.2, 0) is 16.0 Å². The van der Waals surface area contributed by atoms with Gasteiger partial charge in [0.15, 0.2) is 6.61 Å². The van der Waals surface area contributed by atoms with Crippen LogP contribution < -0.4 is 10.2 Å². The number of pyridine rings is 1. The summed E-state index contributed by atoms with van der Waals surface area (Å²) in [6, 6.07) is 17.1. The van der Waals surface area contributed by atoms with Crippen molar-refractivity contribution in [3.63, 3.8) is 0 Å². The van der Waals surface area contributed by atoms with Crippen LogP contribution in [0.5, 0.6) is 0 Å². The predicted molar refractivity (Wildman–Crippen MR) is 118 cm³/mol. The van der Waals surface area contributed by atoms with Crippen LogP contribution in [0.2, 0.25) is 0 Å². The van der Waals surface area contributed by atoms with Gasteiger partial charge in [-0.2, -0.15) is 0 Å². The van der Waals surface area contributed by atoms with E-state index in [-0.39, 0.29) is 12.5 Å². The predicted octanol–water partition coefficient (Wildman–Crippen LogP) is 4.19. The standard InChI is InChI=1S/C24H25N3O3/c1-2-17-9-11-19(12-10-17)25-22(28)16-30-24(29)20-15-18-7-3-4-8-21(18)26-23(20)27-13-5-6-14-27/h3-4,7-12,15H,2,5-6,13-14,16H2,1H3,(H,25,28). The van der Waals surface area contributed by atoms with Crippen LogP contribution in [0, 0.1) is 0 Å². The van der Waals surface area contributed by atoms with Gasteiger partial charge in [-0.1, -0.05) is 37.3 Å². The summed E-state index contributed by atoms with van der Waals surface area (Å²) < 4.78 is 5.34. The molecule has 1 aliphatic heterocycles. The highest BCUT2D eigenvalue weighted by molar-refractivity contribution is 6.01. The molecular weight excluding hydrogens is 378 g/mol. The van der Waals surface area contributed by atoms with Gasteiger partial charge in [-0.25, -0.2) is 9.78 Å². The fourth-order valence-electron chi connectivity index (χ4n) is 3.66. The minimum Gasteiger partial charge on any atom is -0.452 e. The van der Waals surface area contributed by atoms with Gasteiger partial charge in [0, 0.05) is 24.2 Å². The molecule has 0 aliphatic carbocycles. The maximum atomic E-state index is 12.8. The monoisotopic (exact) mass is 403 g/mol. The summed E-state index contributed by atoms with van der Waals surface area (Å²) in [7, 11) is 0. The molecule has 1 aliphatic rings. The van der Waals surface area contributed by atoms with Gasteiger partial charge in [-0.05, 0) is 49.1 Å². The molecule has 154 valence electrons. The average molecular weight is 403 g/mol. The van der Waals surface area contributed by atoms with E-state index in [0.29, 0.717) is 17.1 Å². The summed E-state index contributed by atoms with van der Waals surface area (Å²) in [5, 5.41) is 3.63. The van der Waals surface area contributed by atoms with Gasteiger partial charge in [0.1, 0.15) is 11.4 Å². The number of esters is 1. The number of anilines is 2. The third-order valence-electron chi connectivity index (χ3n) is 5.31. The average Bonchev–Trinajstić information content (AvgIpc) is 3.32. The largest absolute Gasteiger partial charge is 0.452 e. The molecule has 0 saturated carbocycles. The van der Waals surface area contributed by atoms with Gasteiger partial charge in [0.2, 0.25) is 0 Å². The molecule has 0 bridgehead atoms. The Morgan fingerprint density at radius 2 is 1.80 bits per heavy atom. The molecule has 1 fully saturated rings. The summed E-state index contributed by atoms with van der Waals surface area (Å²) in [4.78, 5) is 31.9. The normalized spacial score (nSPS) is 13.4. The Morgan fingerprint density at radius 1 is 1.07 bits per heavy atom. The van der Waals surface area contributed by atoms with Crippen LogP contribution in [0.1, 0.15) is 35.7 Å². The summed E-state index contributed by atoms with van der Waals surface area (Å²) in [5.74, 6) is -0.275. The molecule has 6 nitrogen and oxygen atoms in total. The Morgan fingerprint density at radius 3 is 2.53 bits per heavy atom.